The van der Waals surface area contributed by atoms with Crippen LogP contribution in [0.1, 0.15) is 0 Å². The molecule has 0 atom stereocenters. The van der Waals surface area contributed by atoms with Crippen molar-refractivity contribution in [2.24, 2.45) is 0 Å². The molecule has 4 nitrogen and oxygen atoms in total. The maximum Gasteiger partial charge on any atom is 0.164 e. The summed E-state index contributed by atoms with van der Waals surface area (Å²) in [5.74, 6) is 2.00. The molecular formula is C47H32N4S. The van der Waals surface area contributed by atoms with Gasteiger partial charge in [-0.15, -0.1) is 0 Å². The Morgan fingerprint density at radius 3 is 1.67 bits per heavy atom. The minimum absolute atomic E-state index is 0.658. The first-order valence-corrected chi connectivity index (χ1v) is 20.0. The fourth-order valence-electron chi connectivity index (χ4n) is 8.25. The maximum atomic E-state index is 5.21. The summed E-state index contributed by atoms with van der Waals surface area (Å²) < 4.78 is 2.40. The van der Waals surface area contributed by atoms with Crippen molar-refractivity contribution in [1.82, 2.24) is 19.5 Å². The van der Waals surface area contributed by atoms with E-state index < -0.39 is 10.0 Å². The second-order valence-corrected chi connectivity index (χ2v) is 17.7. The summed E-state index contributed by atoms with van der Waals surface area (Å²) in [7, 11) is -1.19. The van der Waals surface area contributed by atoms with E-state index in [-0.39, 0.29) is 0 Å². The van der Waals surface area contributed by atoms with Crippen molar-refractivity contribution >= 4 is 31.8 Å². The lowest BCUT2D eigenvalue weighted by atomic mass is 10.00. The van der Waals surface area contributed by atoms with Crippen LogP contribution in [-0.4, -0.2) is 32.0 Å². The standard InChI is InChI=1S/C47H32N4S/c1-52(2)43-19-6-4-17-39(43)40-23-21-35(28-44(40)52)47-49-45-33-13-7-10-29(24-33)31-12-9-15-36(26-31)51-41-18-5-3-16-37(41)38-22-20-32(27-42(38)51)30-11-8-14-34(25-30)46(48-45)50-47/h3-28H,1-2H3. The van der Waals surface area contributed by atoms with Crippen LogP contribution in [0.2, 0.25) is 0 Å². The molecule has 4 heterocycles. The second kappa shape index (κ2) is 10.8. The van der Waals surface area contributed by atoms with Gasteiger partial charge < -0.3 is 4.57 Å². The van der Waals surface area contributed by atoms with Crippen LogP contribution in [0, 0.1) is 0 Å². The Kier molecular flexibility index (Phi) is 6.14. The van der Waals surface area contributed by atoms with Gasteiger partial charge in [0.2, 0.25) is 0 Å². The fraction of sp³-hybridized carbons (Fsp3) is 0.0426. The Morgan fingerprint density at radius 2 is 0.923 bits per heavy atom. The molecule has 2 aliphatic rings. The van der Waals surface area contributed by atoms with Crippen molar-refractivity contribution in [3.63, 3.8) is 0 Å². The van der Waals surface area contributed by atoms with Gasteiger partial charge in [0, 0.05) is 42.9 Å². The van der Waals surface area contributed by atoms with Gasteiger partial charge in [-0.25, -0.2) is 15.0 Å². The number of aromatic nitrogens is 4. The van der Waals surface area contributed by atoms with Gasteiger partial charge in [0.1, 0.15) is 0 Å². The highest BCUT2D eigenvalue weighted by molar-refractivity contribution is 8.33. The Labute approximate surface area is 303 Å². The number of benzene rings is 7. The molecule has 2 aromatic heterocycles. The molecule has 11 rings (SSSR count). The minimum atomic E-state index is -1.19. The zero-order chi connectivity index (χ0) is 34.6. The summed E-state index contributed by atoms with van der Waals surface area (Å²) in [5, 5.41) is 2.48. The van der Waals surface area contributed by atoms with Gasteiger partial charge in [-0.3, -0.25) is 0 Å². The first kappa shape index (κ1) is 29.4. The summed E-state index contributed by atoms with van der Waals surface area (Å²) in [4.78, 5) is 18.4. The van der Waals surface area contributed by atoms with E-state index in [2.05, 4.69) is 175 Å². The van der Waals surface area contributed by atoms with Crippen molar-refractivity contribution in [2.75, 3.05) is 12.5 Å². The van der Waals surface area contributed by atoms with E-state index in [9.17, 15) is 0 Å². The topological polar surface area (TPSA) is 43.6 Å². The van der Waals surface area contributed by atoms with Crippen LogP contribution in [0.3, 0.4) is 0 Å². The Balaban J connectivity index is 1.17. The molecule has 0 aliphatic carbocycles. The van der Waals surface area contributed by atoms with Crippen molar-refractivity contribution in [3.05, 3.63) is 158 Å². The summed E-state index contributed by atoms with van der Waals surface area (Å²) in [5.41, 5.74) is 13.6. The lowest BCUT2D eigenvalue weighted by molar-refractivity contribution is 1.07. The van der Waals surface area contributed by atoms with E-state index >= 15 is 0 Å². The second-order valence-electron chi connectivity index (χ2n) is 14.1. The quantitative estimate of drug-likeness (QED) is 0.173. The average molecular weight is 685 g/mol. The lowest BCUT2D eigenvalue weighted by Crippen LogP contribution is -2.01. The average Bonchev–Trinajstić information content (AvgIpc) is 3.65. The zero-order valence-electron chi connectivity index (χ0n) is 28.7. The van der Waals surface area contributed by atoms with Crippen LogP contribution in [0.15, 0.2) is 168 Å². The van der Waals surface area contributed by atoms with E-state index in [1.54, 1.807) is 0 Å². The first-order valence-electron chi connectivity index (χ1n) is 17.6. The van der Waals surface area contributed by atoms with Gasteiger partial charge >= 0.3 is 0 Å². The van der Waals surface area contributed by atoms with Gasteiger partial charge in [-0.1, -0.05) is 109 Å². The largest absolute Gasteiger partial charge is 0.309 e. The summed E-state index contributed by atoms with van der Waals surface area (Å²) in [6, 6.07) is 57.2. The zero-order valence-corrected chi connectivity index (χ0v) is 29.5. The number of hydrogen-bond acceptors (Lipinski definition) is 3. The molecule has 52 heavy (non-hydrogen) atoms. The van der Waals surface area contributed by atoms with Gasteiger partial charge in [0.05, 0.1) is 11.0 Å². The minimum Gasteiger partial charge on any atom is -0.309 e. The molecule has 0 radical (unpaired) electrons. The number of fused-ring (bicyclic) bond motifs is 20. The molecule has 9 aromatic rings. The van der Waals surface area contributed by atoms with Crippen LogP contribution in [0.5, 0.6) is 0 Å². The normalized spacial score (nSPS) is 14.0. The molecule has 0 N–H and O–H groups in total. The SMILES string of the molecule is CS1(C)c2ccccc2-c2ccc(-c3nc4nc(n3)-c3cccc(c3)-c3ccc5c6ccccc6n(c5c3)-c3cccc(c3)-c3cccc-4c3)cc21. The fourth-order valence-corrected chi connectivity index (χ4v) is 10.8. The van der Waals surface area contributed by atoms with E-state index in [0.717, 1.165) is 44.6 Å². The Hall–Kier alpha value is -6.30. The smallest absolute Gasteiger partial charge is 0.164 e. The number of para-hydroxylation sites is 1. The molecule has 0 saturated heterocycles. The van der Waals surface area contributed by atoms with Crippen molar-refractivity contribution in [3.8, 4) is 73.2 Å². The molecule has 2 aliphatic heterocycles. The van der Waals surface area contributed by atoms with Crippen LogP contribution in [0.4, 0.5) is 0 Å². The highest BCUT2D eigenvalue weighted by Crippen LogP contribution is 2.67. The molecular weight excluding hydrogens is 653 g/mol. The third kappa shape index (κ3) is 4.33. The molecule has 0 fully saturated rings. The lowest BCUT2D eigenvalue weighted by Gasteiger charge is -2.28. The van der Waals surface area contributed by atoms with E-state index in [4.69, 9.17) is 15.0 Å². The number of rotatable bonds is 1. The summed E-state index contributed by atoms with van der Waals surface area (Å²) in [6.45, 7) is 0. The van der Waals surface area contributed by atoms with Crippen LogP contribution < -0.4 is 0 Å². The molecule has 0 spiro atoms. The molecule has 0 amide bonds. The van der Waals surface area contributed by atoms with Crippen LogP contribution in [-0.2, 0) is 0 Å². The molecule has 0 unspecified atom stereocenters. The Morgan fingerprint density at radius 1 is 0.385 bits per heavy atom. The first-order chi connectivity index (χ1) is 25.5. The van der Waals surface area contributed by atoms with Gasteiger partial charge in [-0.2, -0.15) is 10.0 Å². The highest BCUT2D eigenvalue weighted by Gasteiger charge is 2.32. The van der Waals surface area contributed by atoms with E-state index in [0.29, 0.717) is 17.5 Å². The van der Waals surface area contributed by atoms with Gasteiger partial charge in [0.25, 0.3) is 0 Å². The van der Waals surface area contributed by atoms with Crippen molar-refractivity contribution in [1.29, 1.82) is 0 Å². The van der Waals surface area contributed by atoms with Gasteiger partial charge in [-0.05, 0) is 94.4 Å². The number of hydrogen-bond donors (Lipinski definition) is 0. The molecule has 246 valence electrons. The van der Waals surface area contributed by atoms with Crippen molar-refractivity contribution < 1.29 is 0 Å². The van der Waals surface area contributed by atoms with E-state index in [1.807, 2.05) is 0 Å². The summed E-state index contributed by atoms with van der Waals surface area (Å²) in [6.07, 6.45) is 4.78. The number of nitrogens with zero attached hydrogens (tertiary/aromatic N) is 4. The van der Waals surface area contributed by atoms with Crippen LogP contribution in [0.25, 0.3) is 95.0 Å². The molecule has 7 aromatic carbocycles. The maximum absolute atomic E-state index is 5.21. The third-order valence-corrected chi connectivity index (χ3v) is 13.7. The van der Waals surface area contributed by atoms with Crippen molar-refractivity contribution in [2.45, 2.75) is 9.79 Å². The van der Waals surface area contributed by atoms with Gasteiger partial charge in [0.15, 0.2) is 17.5 Å². The Bertz CT molecular complexity index is 2950. The summed E-state index contributed by atoms with van der Waals surface area (Å²) >= 11 is 0. The monoisotopic (exact) mass is 684 g/mol. The molecule has 10 bridgehead atoms. The third-order valence-electron chi connectivity index (χ3n) is 10.8. The molecule has 5 heteroatoms. The highest BCUT2D eigenvalue weighted by atomic mass is 32.3. The van der Waals surface area contributed by atoms with Crippen LogP contribution >= 0.6 is 10.0 Å². The predicted molar refractivity (Wildman–Crippen MR) is 216 cm³/mol. The predicted octanol–water partition coefficient (Wildman–Crippen LogP) is 12.1. The van der Waals surface area contributed by atoms with E-state index in [1.165, 1.54) is 42.7 Å². The molecule has 0 saturated carbocycles.